The molecule has 4 nitrogen and oxygen atoms in total. The number of rotatable bonds is 4. The van der Waals surface area contributed by atoms with E-state index in [1.165, 1.54) is 24.3 Å². The molecule has 7 heteroatoms. The van der Waals surface area contributed by atoms with E-state index in [9.17, 15) is 22.8 Å². The second-order valence-corrected chi connectivity index (χ2v) is 3.53. The first-order chi connectivity index (χ1) is 8.30. The summed E-state index contributed by atoms with van der Waals surface area (Å²) >= 11 is 0. The number of amides is 1. The Kier molecular flexibility index (Phi) is 4.30. The highest BCUT2D eigenvalue weighted by atomic mass is 19.4. The molecule has 18 heavy (non-hydrogen) atoms. The molecular weight excluding hydrogens is 251 g/mol. The van der Waals surface area contributed by atoms with Gasteiger partial charge in [0, 0.05) is 5.56 Å². The van der Waals surface area contributed by atoms with Crippen molar-refractivity contribution in [2.75, 3.05) is 0 Å². The molecule has 1 atom stereocenters. The minimum absolute atomic E-state index is 0.0390. The molecule has 0 saturated carbocycles. The Morgan fingerprint density at radius 1 is 1.22 bits per heavy atom. The van der Waals surface area contributed by atoms with Crippen LogP contribution in [0, 0.1) is 0 Å². The van der Waals surface area contributed by atoms with Gasteiger partial charge in [0.15, 0.2) is 0 Å². The molecule has 1 aromatic rings. The lowest BCUT2D eigenvalue weighted by molar-refractivity contribution is -0.165. The third-order valence-electron chi connectivity index (χ3n) is 2.12. The van der Waals surface area contributed by atoms with Crippen LogP contribution in [-0.2, 0) is 4.79 Å². The molecule has 0 heterocycles. The number of benzene rings is 1. The summed E-state index contributed by atoms with van der Waals surface area (Å²) in [5, 5.41) is 10.0. The summed E-state index contributed by atoms with van der Waals surface area (Å²) in [5.41, 5.74) is 0.0390. The largest absolute Gasteiger partial charge is 0.481 e. The zero-order valence-electron chi connectivity index (χ0n) is 9.07. The molecule has 0 radical (unpaired) electrons. The summed E-state index contributed by atoms with van der Waals surface area (Å²) in [7, 11) is 0. The quantitative estimate of drug-likeness (QED) is 0.868. The number of hydrogen-bond donors (Lipinski definition) is 2. The van der Waals surface area contributed by atoms with E-state index in [2.05, 4.69) is 0 Å². The number of alkyl halides is 3. The number of aliphatic carboxylic acids is 1. The summed E-state index contributed by atoms with van der Waals surface area (Å²) in [5.74, 6) is -2.59. The van der Waals surface area contributed by atoms with Crippen molar-refractivity contribution in [3.05, 3.63) is 35.9 Å². The molecule has 2 N–H and O–H groups in total. The van der Waals surface area contributed by atoms with Crippen molar-refractivity contribution in [2.24, 2.45) is 0 Å². The van der Waals surface area contributed by atoms with Crippen molar-refractivity contribution >= 4 is 11.9 Å². The van der Waals surface area contributed by atoms with E-state index in [0.717, 1.165) is 0 Å². The lowest BCUT2D eigenvalue weighted by atomic mass is 10.1. The summed E-state index contributed by atoms with van der Waals surface area (Å²) in [6, 6.07) is 4.87. The molecular formula is C11H10F3NO3. The third-order valence-corrected chi connectivity index (χ3v) is 2.12. The minimum Gasteiger partial charge on any atom is -0.481 e. The maximum Gasteiger partial charge on any atom is 0.409 e. The highest BCUT2D eigenvalue weighted by molar-refractivity contribution is 5.94. The van der Waals surface area contributed by atoms with Gasteiger partial charge in [-0.3, -0.25) is 9.59 Å². The predicted octanol–water partition coefficient (Wildman–Crippen LogP) is 1.82. The van der Waals surface area contributed by atoms with Gasteiger partial charge in [-0.25, -0.2) is 0 Å². The second kappa shape index (κ2) is 5.52. The summed E-state index contributed by atoms with van der Waals surface area (Å²) in [6.07, 6.45) is -6.01. The molecule has 0 aliphatic carbocycles. The van der Waals surface area contributed by atoms with E-state index in [1.807, 2.05) is 0 Å². The summed E-state index contributed by atoms with van der Waals surface area (Å²) < 4.78 is 37.4. The van der Waals surface area contributed by atoms with Crippen molar-refractivity contribution in [2.45, 2.75) is 18.6 Å². The number of carboxylic acids is 1. The van der Waals surface area contributed by atoms with Crippen LogP contribution < -0.4 is 5.32 Å². The molecule has 0 fully saturated rings. The van der Waals surface area contributed by atoms with Crippen molar-refractivity contribution in [1.82, 2.24) is 5.32 Å². The average Bonchev–Trinajstić information content (AvgIpc) is 2.27. The van der Waals surface area contributed by atoms with Gasteiger partial charge in [-0.1, -0.05) is 18.2 Å². The van der Waals surface area contributed by atoms with Gasteiger partial charge in [0.1, 0.15) is 6.04 Å². The van der Waals surface area contributed by atoms with Gasteiger partial charge in [0.05, 0.1) is 6.42 Å². The lowest BCUT2D eigenvalue weighted by Gasteiger charge is -2.19. The van der Waals surface area contributed by atoms with Gasteiger partial charge in [-0.05, 0) is 12.1 Å². The molecule has 0 spiro atoms. The first-order valence-corrected chi connectivity index (χ1v) is 4.95. The van der Waals surface area contributed by atoms with Gasteiger partial charge in [0.2, 0.25) is 0 Å². The Hall–Kier alpha value is -2.05. The van der Waals surface area contributed by atoms with Crippen LogP contribution in [0.4, 0.5) is 13.2 Å². The van der Waals surface area contributed by atoms with E-state index >= 15 is 0 Å². The average molecular weight is 261 g/mol. The van der Waals surface area contributed by atoms with Gasteiger partial charge >= 0.3 is 12.1 Å². The molecule has 0 aliphatic heterocycles. The number of hydrogen-bond acceptors (Lipinski definition) is 2. The molecule has 1 aromatic carbocycles. The van der Waals surface area contributed by atoms with Crippen molar-refractivity contribution in [1.29, 1.82) is 0 Å². The van der Waals surface area contributed by atoms with Gasteiger partial charge < -0.3 is 10.4 Å². The molecule has 0 saturated heterocycles. The third kappa shape index (κ3) is 4.08. The normalized spacial score (nSPS) is 12.8. The number of carbonyl (C=O) groups is 2. The molecule has 0 aromatic heterocycles. The molecule has 1 unspecified atom stereocenters. The van der Waals surface area contributed by atoms with Gasteiger partial charge in [0.25, 0.3) is 5.91 Å². The highest BCUT2D eigenvalue weighted by Crippen LogP contribution is 2.22. The second-order valence-electron chi connectivity index (χ2n) is 3.53. The van der Waals surface area contributed by atoms with Crippen LogP contribution in [-0.4, -0.2) is 29.2 Å². The topological polar surface area (TPSA) is 66.4 Å². The van der Waals surface area contributed by atoms with E-state index in [1.54, 1.807) is 11.4 Å². The molecule has 1 amide bonds. The van der Waals surface area contributed by atoms with Gasteiger partial charge in [-0.2, -0.15) is 13.2 Å². The fourth-order valence-electron chi connectivity index (χ4n) is 1.25. The highest BCUT2D eigenvalue weighted by Gasteiger charge is 2.42. The lowest BCUT2D eigenvalue weighted by Crippen LogP contribution is -2.46. The Balaban J connectivity index is 2.78. The summed E-state index contributed by atoms with van der Waals surface area (Å²) in [4.78, 5) is 21.8. The van der Waals surface area contributed by atoms with Crippen molar-refractivity contribution < 1.29 is 27.9 Å². The van der Waals surface area contributed by atoms with E-state index < -0.39 is 30.5 Å². The predicted molar refractivity (Wildman–Crippen MR) is 56.0 cm³/mol. The van der Waals surface area contributed by atoms with Crippen molar-refractivity contribution in [3.63, 3.8) is 0 Å². The fraction of sp³-hybridized carbons (Fsp3) is 0.273. The number of nitrogens with one attached hydrogen (secondary N) is 1. The molecule has 98 valence electrons. The van der Waals surface area contributed by atoms with E-state index in [-0.39, 0.29) is 5.56 Å². The first-order valence-electron chi connectivity index (χ1n) is 4.95. The van der Waals surface area contributed by atoms with Crippen molar-refractivity contribution in [3.8, 4) is 0 Å². The van der Waals surface area contributed by atoms with Crippen LogP contribution in [0.25, 0.3) is 0 Å². The summed E-state index contributed by atoms with van der Waals surface area (Å²) in [6.45, 7) is 0. The van der Waals surface area contributed by atoms with Crippen LogP contribution in [0.15, 0.2) is 30.3 Å². The maximum atomic E-state index is 12.5. The SMILES string of the molecule is O=C(O)CC(NC(=O)c1ccccc1)C(F)(F)F. The Labute approximate surface area is 100 Å². The van der Waals surface area contributed by atoms with Crippen LogP contribution in [0.1, 0.15) is 16.8 Å². The minimum atomic E-state index is -4.80. The van der Waals surface area contributed by atoms with Crippen LogP contribution >= 0.6 is 0 Å². The number of halogens is 3. The smallest absolute Gasteiger partial charge is 0.409 e. The van der Waals surface area contributed by atoms with Gasteiger partial charge in [-0.15, -0.1) is 0 Å². The van der Waals surface area contributed by atoms with Crippen LogP contribution in [0.3, 0.4) is 0 Å². The monoisotopic (exact) mass is 261 g/mol. The van der Waals surface area contributed by atoms with Crippen LogP contribution in [0.2, 0.25) is 0 Å². The standard InChI is InChI=1S/C11H10F3NO3/c12-11(13,14)8(6-9(16)17)15-10(18)7-4-2-1-3-5-7/h1-5,8H,6H2,(H,15,18)(H,16,17). The van der Waals surface area contributed by atoms with E-state index in [4.69, 9.17) is 5.11 Å². The Morgan fingerprint density at radius 2 is 1.78 bits per heavy atom. The van der Waals surface area contributed by atoms with Crippen LogP contribution in [0.5, 0.6) is 0 Å². The Morgan fingerprint density at radius 3 is 2.22 bits per heavy atom. The Bertz CT molecular complexity index is 431. The number of carbonyl (C=O) groups excluding carboxylic acids is 1. The molecule has 0 aliphatic rings. The van der Waals surface area contributed by atoms with E-state index in [0.29, 0.717) is 0 Å². The maximum absolute atomic E-state index is 12.5. The zero-order valence-corrected chi connectivity index (χ0v) is 9.07. The fourth-order valence-corrected chi connectivity index (χ4v) is 1.25. The molecule has 1 rings (SSSR count). The first kappa shape index (κ1) is 14.0. The number of carboxylic acid groups (broad SMARTS) is 1. The molecule has 0 bridgehead atoms. The zero-order chi connectivity index (χ0) is 13.8.